The van der Waals surface area contributed by atoms with E-state index in [0.29, 0.717) is 12.4 Å². The van der Waals surface area contributed by atoms with Crippen molar-refractivity contribution in [2.24, 2.45) is 0 Å². The first-order chi connectivity index (χ1) is 11.6. The van der Waals surface area contributed by atoms with Crippen molar-refractivity contribution in [3.63, 3.8) is 0 Å². The van der Waals surface area contributed by atoms with Gasteiger partial charge in [-0.3, -0.25) is 9.59 Å². The minimum atomic E-state index is -0.734. The molecule has 122 valence electrons. The number of thiophene rings is 1. The molecule has 0 bridgehead atoms. The molecule has 6 nitrogen and oxygen atoms in total. The van der Waals surface area contributed by atoms with Gasteiger partial charge in [-0.15, -0.1) is 11.3 Å². The number of carbonyl (C=O) groups excluding carboxylic acids is 2. The maximum atomic E-state index is 11.9. The van der Waals surface area contributed by atoms with E-state index in [4.69, 9.17) is 0 Å². The zero-order chi connectivity index (χ0) is 16.9. The summed E-state index contributed by atoms with van der Waals surface area (Å²) in [5.74, 6) is -1.09. The number of para-hydroxylation sites is 1. The molecule has 0 aliphatic rings. The third kappa shape index (κ3) is 3.69. The van der Waals surface area contributed by atoms with Gasteiger partial charge in [0.15, 0.2) is 5.82 Å². The molecule has 2 heterocycles. The zero-order valence-electron chi connectivity index (χ0n) is 13.0. The Morgan fingerprint density at radius 3 is 2.62 bits per heavy atom. The Morgan fingerprint density at radius 1 is 1.12 bits per heavy atom. The maximum Gasteiger partial charge on any atom is 0.314 e. The Kier molecular flexibility index (Phi) is 4.72. The molecular weight excluding hydrogens is 324 g/mol. The summed E-state index contributed by atoms with van der Waals surface area (Å²) in [5, 5.41) is 11.3. The summed E-state index contributed by atoms with van der Waals surface area (Å²) in [4.78, 5) is 24.8. The highest BCUT2D eigenvalue weighted by molar-refractivity contribution is 7.10. The Bertz CT molecular complexity index is 854. The minimum Gasteiger partial charge on any atom is -0.343 e. The summed E-state index contributed by atoms with van der Waals surface area (Å²) >= 11 is 1.55. The van der Waals surface area contributed by atoms with E-state index in [9.17, 15) is 9.59 Å². The summed E-state index contributed by atoms with van der Waals surface area (Å²) in [7, 11) is 0. The van der Waals surface area contributed by atoms with Gasteiger partial charge < -0.3 is 10.6 Å². The predicted octanol–water partition coefficient (Wildman–Crippen LogP) is 2.50. The third-order valence-corrected chi connectivity index (χ3v) is 4.46. The van der Waals surface area contributed by atoms with Crippen molar-refractivity contribution in [3.05, 3.63) is 64.5 Å². The molecule has 0 radical (unpaired) electrons. The lowest BCUT2D eigenvalue weighted by Crippen LogP contribution is -2.35. The fourth-order valence-electron chi connectivity index (χ4n) is 2.11. The van der Waals surface area contributed by atoms with Gasteiger partial charge in [0.2, 0.25) is 0 Å². The van der Waals surface area contributed by atoms with Crippen molar-refractivity contribution >= 4 is 29.0 Å². The molecule has 0 unspecified atom stereocenters. The van der Waals surface area contributed by atoms with Crippen LogP contribution < -0.4 is 10.6 Å². The number of aryl methyl sites for hydroxylation is 1. The molecular formula is C17H16N4O2S. The molecule has 0 aliphatic carbocycles. The topological polar surface area (TPSA) is 76.0 Å². The van der Waals surface area contributed by atoms with E-state index in [1.54, 1.807) is 28.3 Å². The fourth-order valence-corrected chi connectivity index (χ4v) is 2.96. The Morgan fingerprint density at radius 2 is 1.92 bits per heavy atom. The van der Waals surface area contributed by atoms with Crippen LogP contribution in [0, 0.1) is 6.92 Å². The average molecular weight is 340 g/mol. The number of anilines is 1. The number of amides is 2. The highest BCUT2D eigenvalue weighted by atomic mass is 32.1. The van der Waals surface area contributed by atoms with Gasteiger partial charge in [-0.2, -0.15) is 5.10 Å². The lowest BCUT2D eigenvalue weighted by Gasteiger charge is -2.04. The molecule has 0 saturated heterocycles. The molecule has 1 aromatic carbocycles. The van der Waals surface area contributed by atoms with E-state index in [1.807, 2.05) is 48.7 Å². The van der Waals surface area contributed by atoms with Crippen molar-refractivity contribution in [2.75, 3.05) is 5.32 Å². The molecule has 0 fully saturated rings. The van der Waals surface area contributed by atoms with Gasteiger partial charge in [-0.1, -0.05) is 18.2 Å². The van der Waals surface area contributed by atoms with Crippen LogP contribution in [0.1, 0.15) is 10.4 Å². The largest absolute Gasteiger partial charge is 0.343 e. The van der Waals surface area contributed by atoms with E-state index < -0.39 is 11.8 Å². The molecule has 0 spiro atoms. The standard InChI is InChI=1S/C17H16N4O2S/c1-12-8-10-24-14(12)11-18-16(22)17(23)19-15-7-9-21(20-15)13-5-3-2-4-6-13/h2-10H,11H2,1H3,(H,18,22)(H,19,20,23). The van der Waals surface area contributed by atoms with Crippen LogP contribution in [0.25, 0.3) is 5.69 Å². The van der Waals surface area contributed by atoms with Gasteiger partial charge in [0, 0.05) is 17.1 Å². The SMILES string of the molecule is Cc1ccsc1CNC(=O)C(=O)Nc1ccn(-c2ccccc2)n1. The number of rotatable bonds is 4. The van der Waals surface area contributed by atoms with Gasteiger partial charge >= 0.3 is 11.8 Å². The number of hydrogen-bond donors (Lipinski definition) is 2. The zero-order valence-corrected chi connectivity index (χ0v) is 13.8. The first-order valence-electron chi connectivity index (χ1n) is 7.37. The van der Waals surface area contributed by atoms with Crippen LogP contribution >= 0.6 is 11.3 Å². The van der Waals surface area contributed by atoms with Crippen molar-refractivity contribution in [1.29, 1.82) is 0 Å². The minimum absolute atomic E-state index is 0.325. The van der Waals surface area contributed by atoms with Crippen LogP contribution in [-0.2, 0) is 16.1 Å². The maximum absolute atomic E-state index is 11.9. The molecule has 7 heteroatoms. The van der Waals surface area contributed by atoms with E-state index in [2.05, 4.69) is 15.7 Å². The van der Waals surface area contributed by atoms with Crippen LogP contribution in [0.15, 0.2) is 54.0 Å². The summed E-state index contributed by atoms with van der Waals surface area (Å²) in [6.07, 6.45) is 1.72. The van der Waals surface area contributed by atoms with Crippen LogP contribution in [0.4, 0.5) is 5.82 Å². The summed E-state index contributed by atoms with van der Waals surface area (Å²) in [6, 6.07) is 13.1. The molecule has 24 heavy (non-hydrogen) atoms. The Labute approximate surface area is 143 Å². The Hall–Kier alpha value is -2.93. The smallest absolute Gasteiger partial charge is 0.314 e. The fraction of sp³-hybridized carbons (Fsp3) is 0.118. The molecule has 2 aromatic heterocycles. The average Bonchev–Trinajstić information content (AvgIpc) is 3.22. The number of benzene rings is 1. The van der Waals surface area contributed by atoms with E-state index >= 15 is 0 Å². The van der Waals surface area contributed by atoms with Crippen LogP contribution in [0.2, 0.25) is 0 Å². The van der Waals surface area contributed by atoms with E-state index in [1.165, 1.54) is 0 Å². The number of nitrogens with zero attached hydrogens (tertiary/aromatic N) is 2. The normalized spacial score (nSPS) is 10.4. The van der Waals surface area contributed by atoms with Gasteiger partial charge in [0.1, 0.15) is 0 Å². The van der Waals surface area contributed by atoms with Crippen molar-refractivity contribution in [2.45, 2.75) is 13.5 Å². The van der Waals surface area contributed by atoms with Gasteiger partial charge in [-0.05, 0) is 36.1 Å². The van der Waals surface area contributed by atoms with Gasteiger partial charge in [-0.25, -0.2) is 4.68 Å². The highest BCUT2D eigenvalue weighted by Crippen LogP contribution is 2.14. The van der Waals surface area contributed by atoms with Crippen molar-refractivity contribution in [1.82, 2.24) is 15.1 Å². The molecule has 0 atom stereocenters. The second-order valence-corrected chi connectivity index (χ2v) is 6.15. The Balaban J connectivity index is 1.57. The van der Waals surface area contributed by atoms with Crippen molar-refractivity contribution in [3.8, 4) is 5.69 Å². The monoisotopic (exact) mass is 340 g/mol. The summed E-state index contributed by atoms with van der Waals surface area (Å²) in [6.45, 7) is 2.31. The third-order valence-electron chi connectivity index (χ3n) is 3.44. The second-order valence-electron chi connectivity index (χ2n) is 5.14. The lowest BCUT2D eigenvalue weighted by atomic mass is 10.3. The number of nitrogens with one attached hydrogen (secondary N) is 2. The highest BCUT2D eigenvalue weighted by Gasteiger charge is 2.15. The molecule has 0 aliphatic heterocycles. The quantitative estimate of drug-likeness (QED) is 0.717. The second kappa shape index (κ2) is 7.10. The number of aromatic nitrogens is 2. The van der Waals surface area contributed by atoms with Crippen LogP contribution in [0.3, 0.4) is 0 Å². The van der Waals surface area contributed by atoms with Crippen LogP contribution in [-0.4, -0.2) is 21.6 Å². The van der Waals surface area contributed by atoms with Gasteiger partial charge in [0.25, 0.3) is 0 Å². The number of hydrogen-bond acceptors (Lipinski definition) is 4. The molecule has 3 aromatic rings. The van der Waals surface area contributed by atoms with Gasteiger partial charge in [0.05, 0.1) is 12.2 Å². The lowest BCUT2D eigenvalue weighted by molar-refractivity contribution is -0.136. The van der Waals surface area contributed by atoms with E-state index in [0.717, 1.165) is 16.1 Å². The summed E-state index contributed by atoms with van der Waals surface area (Å²) in [5.41, 5.74) is 1.97. The molecule has 2 N–H and O–H groups in total. The molecule has 2 amide bonds. The predicted molar refractivity (Wildman–Crippen MR) is 93.1 cm³/mol. The summed E-state index contributed by atoms with van der Waals surface area (Å²) < 4.78 is 1.63. The first kappa shape index (κ1) is 15.9. The molecule has 0 saturated carbocycles. The van der Waals surface area contributed by atoms with Crippen molar-refractivity contribution < 1.29 is 9.59 Å². The first-order valence-corrected chi connectivity index (χ1v) is 8.24. The number of carbonyl (C=O) groups is 2. The van der Waals surface area contributed by atoms with Crippen LogP contribution in [0.5, 0.6) is 0 Å². The molecule has 3 rings (SSSR count). The van der Waals surface area contributed by atoms with E-state index in [-0.39, 0.29) is 0 Å².